The van der Waals surface area contributed by atoms with Crippen LogP contribution in [0.2, 0.25) is 0 Å². The summed E-state index contributed by atoms with van der Waals surface area (Å²) in [6.45, 7) is 4.70. The highest BCUT2D eigenvalue weighted by molar-refractivity contribution is 5.96. The first kappa shape index (κ1) is 24.1. The van der Waals surface area contributed by atoms with E-state index < -0.39 is 46.1 Å². The number of hydrogen-bond acceptors (Lipinski definition) is 4. The zero-order valence-electron chi connectivity index (χ0n) is 16.6. The van der Waals surface area contributed by atoms with Gasteiger partial charge in [0.25, 0.3) is 0 Å². The highest BCUT2D eigenvalue weighted by Crippen LogP contribution is 2.38. The summed E-state index contributed by atoms with van der Waals surface area (Å²) in [5.41, 5.74) is -4.16. The van der Waals surface area contributed by atoms with Gasteiger partial charge < -0.3 is 5.32 Å². The van der Waals surface area contributed by atoms with Crippen LogP contribution in [0.1, 0.15) is 31.9 Å². The molecule has 2 aromatic rings. The Hall–Kier alpha value is -3.18. The van der Waals surface area contributed by atoms with Gasteiger partial charge in [0.05, 0.1) is 17.7 Å². The summed E-state index contributed by atoms with van der Waals surface area (Å²) in [4.78, 5) is 27.2. The molecule has 0 fully saturated rings. The van der Waals surface area contributed by atoms with E-state index in [2.05, 4.69) is 15.4 Å². The molecule has 1 N–H and O–H groups in total. The number of alkyl halides is 6. The van der Waals surface area contributed by atoms with Gasteiger partial charge in [0, 0.05) is 23.3 Å². The number of carbonyl (C=O) groups is 2. The predicted octanol–water partition coefficient (Wildman–Crippen LogP) is 4.18. The number of halogens is 6. The zero-order valence-corrected chi connectivity index (χ0v) is 16.6. The second kappa shape index (κ2) is 8.52. The number of aromatic nitrogens is 3. The van der Waals surface area contributed by atoms with Crippen LogP contribution >= 0.6 is 0 Å². The average Bonchev–Trinajstić information content (AvgIpc) is 3.11. The first-order chi connectivity index (χ1) is 14.1. The Morgan fingerprint density at radius 3 is 2.03 bits per heavy atom. The van der Waals surface area contributed by atoms with Gasteiger partial charge in [-0.25, -0.2) is 9.67 Å². The van der Waals surface area contributed by atoms with Gasteiger partial charge in [0.1, 0.15) is 6.33 Å². The van der Waals surface area contributed by atoms with Crippen LogP contribution in [0.3, 0.4) is 0 Å². The fourth-order valence-corrected chi connectivity index (χ4v) is 2.21. The molecule has 2 rings (SSSR count). The number of benzene rings is 1. The topological polar surface area (TPSA) is 76.9 Å². The van der Waals surface area contributed by atoms with E-state index >= 15 is 0 Å². The molecule has 0 atom stereocenters. The van der Waals surface area contributed by atoms with Crippen LogP contribution in [0.15, 0.2) is 30.6 Å². The van der Waals surface area contributed by atoms with Crippen LogP contribution in [0.5, 0.6) is 0 Å². The van der Waals surface area contributed by atoms with Gasteiger partial charge in [-0.1, -0.05) is 20.8 Å². The van der Waals surface area contributed by atoms with Crippen molar-refractivity contribution in [2.45, 2.75) is 33.1 Å². The fraction of sp³-hybridized carbons (Fsp3) is 0.368. The van der Waals surface area contributed by atoms with Gasteiger partial charge >= 0.3 is 12.4 Å². The van der Waals surface area contributed by atoms with E-state index in [4.69, 9.17) is 0 Å². The van der Waals surface area contributed by atoms with Crippen LogP contribution in [-0.2, 0) is 21.9 Å². The first-order valence-corrected chi connectivity index (χ1v) is 8.78. The van der Waals surface area contributed by atoms with E-state index in [1.54, 1.807) is 20.8 Å². The minimum Gasteiger partial charge on any atom is -0.348 e. The molecule has 168 valence electrons. The third kappa shape index (κ3) is 6.66. The lowest BCUT2D eigenvalue weighted by atomic mass is 9.96. The molecule has 0 aliphatic rings. The number of amides is 1. The van der Waals surface area contributed by atoms with Crippen molar-refractivity contribution in [2.75, 3.05) is 6.54 Å². The summed E-state index contributed by atoms with van der Waals surface area (Å²) in [6, 6.07) is 1.02. The Morgan fingerprint density at radius 1 is 1.00 bits per heavy atom. The fourth-order valence-electron chi connectivity index (χ4n) is 2.21. The Balaban J connectivity index is 2.21. The van der Waals surface area contributed by atoms with Crippen LogP contribution in [0.25, 0.3) is 17.6 Å². The number of nitrogens with zero attached hydrogens (tertiary/aromatic N) is 3. The van der Waals surface area contributed by atoms with Crippen molar-refractivity contribution in [3.8, 4) is 11.4 Å². The Kier molecular flexibility index (Phi) is 6.62. The largest absolute Gasteiger partial charge is 0.416 e. The molecular formula is C19H18F6N4O2. The van der Waals surface area contributed by atoms with Gasteiger partial charge in [-0.15, -0.1) is 5.10 Å². The van der Waals surface area contributed by atoms with Crippen molar-refractivity contribution in [3.05, 3.63) is 41.7 Å². The zero-order chi connectivity index (χ0) is 23.6. The standard InChI is InChI=1S/C19H18F6N4O2/c1-17(2,3)16(31)26-9-14(30)4-5-29-10-27-15(28-29)11-6-12(18(20,21)22)8-13(7-11)19(23,24)25/h4-8,10H,9H2,1-3H3,(H,26,31)/b5-4-. The molecule has 1 aromatic heterocycles. The lowest BCUT2D eigenvalue weighted by Crippen LogP contribution is -2.37. The normalized spacial score (nSPS) is 12.9. The maximum atomic E-state index is 13.0. The highest BCUT2D eigenvalue weighted by Gasteiger charge is 2.37. The minimum atomic E-state index is -5.00. The lowest BCUT2D eigenvalue weighted by molar-refractivity contribution is -0.143. The smallest absolute Gasteiger partial charge is 0.348 e. The maximum Gasteiger partial charge on any atom is 0.416 e. The highest BCUT2D eigenvalue weighted by atomic mass is 19.4. The molecule has 6 nitrogen and oxygen atoms in total. The Labute approximate surface area is 173 Å². The molecule has 0 radical (unpaired) electrons. The molecular weight excluding hydrogens is 430 g/mol. The van der Waals surface area contributed by atoms with Gasteiger partial charge in [0.15, 0.2) is 11.6 Å². The SMILES string of the molecule is CC(C)(C)C(=O)NCC(=O)/C=C\n1cnc(-c2cc(C(F)(F)F)cc(C(F)(F)F)c2)n1. The van der Waals surface area contributed by atoms with Crippen molar-refractivity contribution in [1.29, 1.82) is 0 Å². The van der Waals surface area contributed by atoms with Crippen molar-refractivity contribution in [2.24, 2.45) is 5.41 Å². The number of carbonyl (C=O) groups excluding carboxylic acids is 2. The molecule has 0 saturated heterocycles. The van der Waals surface area contributed by atoms with E-state index in [-0.39, 0.29) is 18.5 Å². The molecule has 0 aliphatic heterocycles. The van der Waals surface area contributed by atoms with E-state index in [9.17, 15) is 35.9 Å². The van der Waals surface area contributed by atoms with Crippen LogP contribution < -0.4 is 5.32 Å². The third-order valence-corrected chi connectivity index (χ3v) is 3.87. The molecule has 0 unspecified atom stereocenters. The Morgan fingerprint density at radius 2 is 1.55 bits per heavy atom. The van der Waals surface area contributed by atoms with Crippen molar-refractivity contribution in [1.82, 2.24) is 20.1 Å². The molecule has 1 aromatic carbocycles. The molecule has 1 heterocycles. The van der Waals surface area contributed by atoms with Crippen LogP contribution in [-0.4, -0.2) is 33.0 Å². The maximum absolute atomic E-state index is 13.0. The first-order valence-electron chi connectivity index (χ1n) is 8.78. The van der Waals surface area contributed by atoms with Gasteiger partial charge in [-0.2, -0.15) is 26.3 Å². The van der Waals surface area contributed by atoms with E-state index in [1.165, 1.54) is 0 Å². The summed E-state index contributed by atoms with van der Waals surface area (Å²) < 4.78 is 78.8. The van der Waals surface area contributed by atoms with E-state index in [0.717, 1.165) is 23.3 Å². The quantitative estimate of drug-likeness (QED) is 0.550. The summed E-state index contributed by atoms with van der Waals surface area (Å²) in [6.07, 6.45) is -6.83. The van der Waals surface area contributed by atoms with Crippen LogP contribution in [0, 0.1) is 5.41 Å². The predicted molar refractivity (Wildman–Crippen MR) is 98.3 cm³/mol. The number of rotatable bonds is 5. The van der Waals surface area contributed by atoms with Crippen LogP contribution in [0.4, 0.5) is 26.3 Å². The third-order valence-electron chi connectivity index (χ3n) is 3.87. The molecule has 12 heteroatoms. The number of nitrogens with one attached hydrogen (secondary N) is 1. The number of hydrogen-bond donors (Lipinski definition) is 1. The monoisotopic (exact) mass is 448 g/mol. The van der Waals surface area contributed by atoms with Crippen molar-refractivity contribution in [3.63, 3.8) is 0 Å². The van der Waals surface area contributed by atoms with Crippen molar-refractivity contribution < 1.29 is 35.9 Å². The van der Waals surface area contributed by atoms with E-state index in [1.807, 2.05) is 0 Å². The summed E-state index contributed by atoms with van der Waals surface area (Å²) in [7, 11) is 0. The number of ketones is 1. The second-order valence-electron chi connectivity index (χ2n) is 7.56. The molecule has 0 spiro atoms. The summed E-state index contributed by atoms with van der Waals surface area (Å²) in [5.74, 6) is -1.25. The summed E-state index contributed by atoms with van der Waals surface area (Å²) in [5, 5.41) is 6.21. The second-order valence-corrected chi connectivity index (χ2v) is 7.56. The van der Waals surface area contributed by atoms with Gasteiger partial charge in [-0.05, 0) is 18.2 Å². The summed E-state index contributed by atoms with van der Waals surface area (Å²) >= 11 is 0. The lowest BCUT2D eigenvalue weighted by Gasteiger charge is -2.16. The van der Waals surface area contributed by atoms with Gasteiger partial charge in [0.2, 0.25) is 5.91 Å². The van der Waals surface area contributed by atoms with E-state index in [0.29, 0.717) is 12.1 Å². The van der Waals surface area contributed by atoms with Crippen molar-refractivity contribution >= 4 is 17.9 Å². The molecule has 0 bridgehead atoms. The Bertz CT molecular complexity index is 968. The molecule has 31 heavy (non-hydrogen) atoms. The van der Waals surface area contributed by atoms with Gasteiger partial charge in [-0.3, -0.25) is 9.59 Å². The minimum absolute atomic E-state index is 0.00490. The molecule has 1 amide bonds. The average molecular weight is 448 g/mol. The molecule has 0 saturated carbocycles. The molecule has 0 aliphatic carbocycles.